The number of carboxylic acids is 1. The van der Waals surface area contributed by atoms with Crippen molar-refractivity contribution in [3.8, 4) is 0 Å². The highest BCUT2D eigenvalue weighted by molar-refractivity contribution is 6.00. The molecule has 0 fully saturated rings. The Bertz CT molecular complexity index is 754. The SMILES string of the molecule is CCC(CC(=O)c1ccc[nH]c1=O)(Nc1ccccc1)C(=O)O. The second-order valence-corrected chi connectivity index (χ2v) is 5.24. The van der Waals surface area contributed by atoms with Crippen LogP contribution in [0.3, 0.4) is 0 Å². The number of nitrogens with one attached hydrogen (secondary N) is 2. The minimum Gasteiger partial charge on any atom is -0.479 e. The number of rotatable bonds is 7. The average molecular weight is 314 g/mol. The van der Waals surface area contributed by atoms with Crippen molar-refractivity contribution in [3.05, 3.63) is 64.6 Å². The van der Waals surface area contributed by atoms with Gasteiger partial charge in [0.25, 0.3) is 5.56 Å². The van der Waals surface area contributed by atoms with Gasteiger partial charge in [-0.1, -0.05) is 25.1 Å². The molecule has 0 radical (unpaired) electrons. The van der Waals surface area contributed by atoms with Crippen LogP contribution in [-0.2, 0) is 4.79 Å². The molecule has 0 saturated heterocycles. The molecule has 0 amide bonds. The maximum Gasteiger partial charge on any atom is 0.329 e. The molecule has 0 saturated carbocycles. The van der Waals surface area contributed by atoms with Crippen molar-refractivity contribution in [2.75, 3.05) is 5.32 Å². The van der Waals surface area contributed by atoms with E-state index in [-0.39, 0.29) is 18.4 Å². The zero-order valence-electron chi connectivity index (χ0n) is 12.7. The molecule has 2 rings (SSSR count). The number of pyridine rings is 1. The summed E-state index contributed by atoms with van der Waals surface area (Å²) in [5.41, 5.74) is -1.43. The van der Waals surface area contributed by atoms with Crippen LogP contribution in [0.2, 0.25) is 0 Å². The normalized spacial score (nSPS) is 13.1. The minimum absolute atomic E-state index is 0.0403. The van der Waals surface area contributed by atoms with E-state index < -0.39 is 22.9 Å². The molecule has 0 aliphatic heterocycles. The first-order valence-electron chi connectivity index (χ1n) is 7.26. The molecule has 6 nitrogen and oxygen atoms in total. The summed E-state index contributed by atoms with van der Waals surface area (Å²) in [5.74, 6) is -1.65. The summed E-state index contributed by atoms with van der Waals surface area (Å²) in [7, 11) is 0. The van der Waals surface area contributed by atoms with Crippen molar-refractivity contribution in [1.29, 1.82) is 0 Å². The summed E-state index contributed by atoms with van der Waals surface area (Å²) in [6.45, 7) is 1.69. The molecule has 23 heavy (non-hydrogen) atoms. The molecule has 1 aromatic heterocycles. The van der Waals surface area contributed by atoms with E-state index in [4.69, 9.17) is 0 Å². The van der Waals surface area contributed by atoms with E-state index in [0.717, 1.165) is 0 Å². The Balaban J connectivity index is 2.32. The maximum absolute atomic E-state index is 12.4. The van der Waals surface area contributed by atoms with Crippen LogP contribution in [0.5, 0.6) is 0 Å². The minimum atomic E-state index is -1.47. The standard InChI is InChI=1S/C17H18N2O4/c1-2-17(16(22)23,19-12-7-4-3-5-8-12)11-14(20)13-9-6-10-18-15(13)21/h3-10,19H,2,11H2,1H3,(H,18,21)(H,22,23). The second-order valence-electron chi connectivity index (χ2n) is 5.24. The number of hydrogen-bond donors (Lipinski definition) is 3. The number of benzene rings is 1. The zero-order valence-corrected chi connectivity index (χ0v) is 12.7. The Kier molecular flexibility index (Phi) is 4.95. The first kappa shape index (κ1) is 16.5. The monoisotopic (exact) mass is 314 g/mol. The molecule has 0 spiro atoms. The van der Waals surface area contributed by atoms with Crippen LogP contribution >= 0.6 is 0 Å². The number of carbonyl (C=O) groups excluding carboxylic acids is 1. The number of aromatic nitrogens is 1. The Labute approximate surface area is 133 Å². The van der Waals surface area contributed by atoms with E-state index in [9.17, 15) is 19.5 Å². The molecule has 1 heterocycles. The Hall–Kier alpha value is -2.89. The fraction of sp³-hybridized carbons (Fsp3) is 0.235. The van der Waals surface area contributed by atoms with Crippen molar-refractivity contribution < 1.29 is 14.7 Å². The fourth-order valence-corrected chi connectivity index (χ4v) is 2.35. The number of hydrogen-bond acceptors (Lipinski definition) is 4. The van der Waals surface area contributed by atoms with E-state index >= 15 is 0 Å². The molecule has 0 aliphatic rings. The number of para-hydroxylation sites is 1. The molecule has 2 aromatic rings. The summed E-state index contributed by atoms with van der Waals surface area (Å²) in [5, 5.41) is 12.6. The predicted octanol–water partition coefficient (Wildman–Crippen LogP) is 2.29. The van der Waals surface area contributed by atoms with Gasteiger partial charge in [-0.25, -0.2) is 4.79 Å². The predicted molar refractivity (Wildman–Crippen MR) is 86.7 cm³/mol. The quantitative estimate of drug-likeness (QED) is 0.681. The number of anilines is 1. The van der Waals surface area contributed by atoms with Crippen molar-refractivity contribution in [2.24, 2.45) is 0 Å². The third kappa shape index (κ3) is 3.66. The Morgan fingerprint density at radius 1 is 1.17 bits per heavy atom. The fourth-order valence-electron chi connectivity index (χ4n) is 2.35. The van der Waals surface area contributed by atoms with Crippen LogP contribution in [0.4, 0.5) is 5.69 Å². The van der Waals surface area contributed by atoms with Gasteiger partial charge in [-0.3, -0.25) is 9.59 Å². The first-order valence-corrected chi connectivity index (χ1v) is 7.26. The van der Waals surface area contributed by atoms with Crippen LogP contribution in [-0.4, -0.2) is 27.4 Å². The number of ketones is 1. The van der Waals surface area contributed by atoms with Crippen molar-refractivity contribution in [2.45, 2.75) is 25.3 Å². The molecular formula is C17H18N2O4. The number of H-pyrrole nitrogens is 1. The molecule has 1 aromatic carbocycles. The highest BCUT2D eigenvalue weighted by Crippen LogP contribution is 2.24. The van der Waals surface area contributed by atoms with Gasteiger partial charge >= 0.3 is 5.97 Å². The van der Waals surface area contributed by atoms with Crippen molar-refractivity contribution in [1.82, 2.24) is 4.98 Å². The molecule has 1 unspecified atom stereocenters. The summed E-state index contributed by atoms with van der Waals surface area (Å²) in [4.78, 5) is 38.4. The van der Waals surface area contributed by atoms with Gasteiger partial charge in [-0.05, 0) is 30.7 Å². The van der Waals surface area contributed by atoms with E-state index in [1.807, 2.05) is 6.07 Å². The largest absolute Gasteiger partial charge is 0.479 e. The van der Waals surface area contributed by atoms with Gasteiger partial charge in [0.1, 0.15) is 5.54 Å². The van der Waals surface area contributed by atoms with Crippen LogP contribution in [0.15, 0.2) is 53.5 Å². The molecule has 0 bridgehead atoms. The summed E-state index contributed by atoms with van der Waals surface area (Å²) >= 11 is 0. The van der Waals surface area contributed by atoms with Gasteiger partial charge < -0.3 is 15.4 Å². The number of aromatic amines is 1. The second kappa shape index (κ2) is 6.91. The topological polar surface area (TPSA) is 99.3 Å². The number of aliphatic carboxylic acids is 1. The maximum atomic E-state index is 12.4. The first-order chi connectivity index (χ1) is 11.0. The van der Waals surface area contributed by atoms with E-state index in [0.29, 0.717) is 5.69 Å². The van der Waals surface area contributed by atoms with Crippen LogP contribution in [0.1, 0.15) is 30.1 Å². The lowest BCUT2D eigenvalue weighted by atomic mass is 9.87. The van der Waals surface area contributed by atoms with Gasteiger partial charge in [0.15, 0.2) is 5.78 Å². The Morgan fingerprint density at radius 2 is 1.87 bits per heavy atom. The molecule has 0 aliphatic carbocycles. The van der Waals surface area contributed by atoms with Crippen LogP contribution < -0.4 is 10.9 Å². The average Bonchev–Trinajstić information content (AvgIpc) is 2.55. The number of carboxylic acid groups (broad SMARTS) is 1. The molecule has 1 atom stereocenters. The lowest BCUT2D eigenvalue weighted by molar-refractivity contribution is -0.142. The summed E-state index contributed by atoms with van der Waals surface area (Å²) in [6.07, 6.45) is 1.29. The lowest BCUT2D eigenvalue weighted by Gasteiger charge is -2.30. The molecular weight excluding hydrogens is 296 g/mol. The van der Waals surface area contributed by atoms with Crippen molar-refractivity contribution in [3.63, 3.8) is 0 Å². The molecule has 6 heteroatoms. The summed E-state index contributed by atoms with van der Waals surface area (Å²) in [6, 6.07) is 11.7. The van der Waals surface area contributed by atoms with Crippen LogP contribution in [0.25, 0.3) is 0 Å². The molecule has 3 N–H and O–H groups in total. The van der Waals surface area contributed by atoms with Gasteiger partial charge in [-0.2, -0.15) is 0 Å². The van der Waals surface area contributed by atoms with Gasteiger partial charge in [0, 0.05) is 18.3 Å². The summed E-state index contributed by atoms with van der Waals surface area (Å²) < 4.78 is 0. The number of Topliss-reactive ketones (excluding diaryl/α,β-unsaturated/α-hetero) is 1. The van der Waals surface area contributed by atoms with Crippen LogP contribution in [0, 0.1) is 0 Å². The van der Waals surface area contributed by atoms with Gasteiger partial charge in [0.05, 0.1) is 5.56 Å². The number of carbonyl (C=O) groups is 2. The van der Waals surface area contributed by atoms with Gasteiger partial charge in [0.2, 0.25) is 0 Å². The zero-order chi connectivity index (χ0) is 16.9. The lowest BCUT2D eigenvalue weighted by Crippen LogP contribution is -2.48. The molecule has 120 valence electrons. The van der Waals surface area contributed by atoms with E-state index in [1.165, 1.54) is 18.3 Å². The third-order valence-corrected chi connectivity index (χ3v) is 3.75. The van der Waals surface area contributed by atoms with Crippen molar-refractivity contribution >= 4 is 17.4 Å². The van der Waals surface area contributed by atoms with E-state index in [1.54, 1.807) is 31.2 Å². The van der Waals surface area contributed by atoms with Gasteiger partial charge in [-0.15, -0.1) is 0 Å². The van der Waals surface area contributed by atoms with E-state index in [2.05, 4.69) is 10.3 Å². The highest BCUT2D eigenvalue weighted by atomic mass is 16.4. The smallest absolute Gasteiger partial charge is 0.329 e. The Morgan fingerprint density at radius 3 is 2.43 bits per heavy atom. The highest BCUT2D eigenvalue weighted by Gasteiger charge is 2.39. The third-order valence-electron chi connectivity index (χ3n) is 3.75.